The highest BCUT2D eigenvalue weighted by Gasteiger charge is 2.22. The lowest BCUT2D eigenvalue weighted by Crippen LogP contribution is -2.21. The highest BCUT2D eigenvalue weighted by atomic mass is 32.2. The van der Waals surface area contributed by atoms with Crippen molar-refractivity contribution in [1.29, 1.82) is 0 Å². The summed E-state index contributed by atoms with van der Waals surface area (Å²) in [4.78, 5) is 4.21. The Balaban J connectivity index is 1.98. The molecule has 0 aliphatic carbocycles. The number of phenolic OH excluding ortho intramolecular Hbond substituents is 1. The SMILES string of the molecule is O=S1(=O)C=CC(Nc2nccc3ccc(O)cc23)C1. The molecule has 2 heterocycles. The van der Waals surface area contributed by atoms with Gasteiger partial charge in [0.1, 0.15) is 11.6 Å². The van der Waals surface area contributed by atoms with Crippen LogP contribution in [0.1, 0.15) is 0 Å². The van der Waals surface area contributed by atoms with Gasteiger partial charge in [0, 0.05) is 17.0 Å². The van der Waals surface area contributed by atoms with Gasteiger partial charge in [-0.15, -0.1) is 0 Å². The van der Waals surface area contributed by atoms with Crippen molar-refractivity contribution in [3.05, 3.63) is 41.9 Å². The molecule has 3 rings (SSSR count). The Labute approximate surface area is 110 Å². The van der Waals surface area contributed by atoms with E-state index in [-0.39, 0.29) is 17.5 Å². The molecule has 2 N–H and O–H groups in total. The van der Waals surface area contributed by atoms with Crippen LogP contribution in [0.2, 0.25) is 0 Å². The average molecular weight is 276 g/mol. The van der Waals surface area contributed by atoms with Crippen LogP contribution >= 0.6 is 0 Å². The first-order valence-corrected chi connectivity index (χ1v) is 7.50. The third-order valence-corrected chi connectivity index (χ3v) is 4.40. The lowest BCUT2D eigenvalue weighted by Gasteiger charge is -2.12. The van der Waals surface area contributed by atoms with Crippen LogP contribution in [0.3, 0.4) is 0 Å². The lowest BCUT2D eigenvalue weighted by molar-refractivity contribution is 0.476. The summed E-state index contributed by atoms with van der Waals surface area (Å²) in [6, 6.07) is 6.55. The van der Waals surface area contributed by atoms with Gasteiger partial charge < -0.3 is 10.4 Å². The molecular weight excluding hydrogens is 264 g/mol. The third-order valence-electron chi connectivity index (χ3n) is 3.00. The van der Waals surface area contributed by atoms with Crippen molar-refractivity contribution < 1.29 is 13.5 Å². The molecule has 2 aromatic rings. The quantitative estimate of drug-likeness (QED) is 0.872. The van der Waals surface area contributed by atoms with Crippen molar-refractivity contribution in [1.82, 2.24) is 4.98 Å². The van der Waals surface area contributed by atoms with Gasteiger partial charge in [0.2, 0.25) is 0 Å². The van der Waals surface area contributed by atoms with Crippen molar-refractivity contribution in [3.8, 4) is 5.75 Å². The molecule has 0 fully saturated rings. The number of phenols is 1. The molecule has 1 aliphatic heterocycles. The maximum atomic E-state index is 11.4. The van der Waals surface area contributed by atoms with E-state index in [2.05, 4.69) is 10.3 Å². The first-order valence-electron chi connectivity index (χ1n) is 5.79. The highest BCUT2D eigenvalue weighted by Crippen LogP contribution is 2.26. The van der Waals surface area contributed by atoms with Crippen LogP contribution in [-0.2, 0) is 9.84 Å². The second kappa shape index (κ2) is 4.24. The molecule has 5 nitrogen and oxygen atoms in total. The number of sulfone groups is 1. The van der Waals surface area contributed by atoms with E-state index in [4.69, 9.17) is 0 Å². The Morgan fingerprint density at radius 1 is 1.32 bits per heavy atom. The van der Waals surface area contributed by atoms with Crippen LogP contribution in [0, 0.1) is 0 Å². The molecule has 0 spiro atoms. The number of aromatic hydroxyl groups is 1. The van der Waals surface area contributed by atoms with Crippen LogP contribution < -0.4 is 5.32 Å². The summed E-state index contributed by atoms with van der Waals surface area (Å²) in [5.74, 6) is 0.752. The first-order chi connectivity index (χ1) is 9.03. The largest absolute Gasteiger partial charge is 0.508 e. The fourth-order valence-corrected chi connectivity index (χ4v) is 3.35. The van der Waals surface area contributed by atoms with Crippen LogP contribution in [0.5, 0.6) is 5.75 Å². The van der Waals surface area contributed by atoms with Crippen molar-refractivity contribution >= 4 is 26.4 Å². The maximum absolute atomic E-state index is 11.4. The second-order valence-corrected chi connectivity index (χ2v) is 6.41. The standard InChI is InChI=1S/C13H12N2O3S/c16-11-2-1-9-3-5-14-13(12(9)7-11)15-10-4-6-19(17,18)8-10/h1-7,10,16H,8H2,(H,14,15). The topological polar surface area (TPSA) is 79.3 Å². The fraction of sp³-hybridized carbons (Fsp3) is 0.154. The molecule has 0 radical (unpaired) electrons. The minimum atomic E-state index is -3.10. The monoisotopic (exact) mass is 276 g/mol. The fourth-order valence-electron chi connectivity index (χ4n) is 2.11. The van der Waals surface area contributed by atoms with Crippen molar-refractivity contribution in [2.24, 2.45) is 0 Å². The molecule has 1 unspecified atom stereocenters. The Kier molecular flexibility index (Phi) is 2.67. The molecule has 0 saturated carbocycles. The van der Waals surface area contributed by atoms with Gasteiger partial charge in [-0.2, -0.15) is 0 Å². The van der Waals surface area contributed by atoms with Gasteiger partial charge in [-0.1, -0.05) is 6.07 Å². The van der Waals surface area contributed by atoms with Gasteiger partial charge in [-0.05, 0) is 29.7 Å². The molecule has 1 aliphatic rings. The van der Waals surface area contributed by atoms with E-state index in [9.17, 15) is 13.5 Å². The summed E-state index contributed by atoms with van der Waals surface area (Å²) >= 11 is 0. The van der Waals surface area contributed by atoms with Crippen molar-refractivity contribution in [2.45, 2.75) is 6.04 Å². The summed E-state index contributed by atoms with van der Waals surface area (Å²) in [5, 5.41) is 15.5. The number of rotatable bonds is 2. The zero-order valence-electron chi connectivity index (χ0n) is 9.95. The molecule has 1 atom stereocenters. The number of hydrogen-bond acceptors (Lipinski definition) is 5. The molecule has 1 aromatic carbocycles. The normalized spacial score (nSPS) is 20.7. The number of nitrogens with zero attached hydrogens (tertiary/aromatic N) is 1. The molecule has 98 valence electrons. The second-order valence-electron chi connectivity index (χ2n) is 4.47. The molecule has 0 amide bonds. The zero-order chi connectivity index (χ0) is 13.5. The van der Waals surface area contributed by atoms with Gasteiger partial charge in [0.15, 0.2) is 9.84 Å². The van der Waals surface area contributed by atoms with E-state index in [1.54, 1.807) is 30.5 Å². The average Bonchev–Trinajstić information content (AvgIpc) is 2.69. The van der Waals surface area contributed by atoms with E-state index < -0.39 is 9.84 Å². The smallest absolute Gasteiger partial charge is 0.173 e. The number of pyridine rings is 1. The van der Waals surface area contributed by atoms with Crippen LogP contribution in [0.15, 0.2) is 41.9 Å². The molecule has 6 heteroatoms. The highest BCUT2D eigenvalue weighted by molar-refractivity contribution is 7.94. The predicted octanol–water partition coefficient (Wildman–Crippen LogP) is 1.66. The van der Waals surface area contributed by atoms with Gasteiger partial charge >= 0.3 is 0 Å². The number of nitrogens with one attached hydrogen (secondary N) is 1. The molecular formula is C13H12N2O3S. The van der Waals surface area contributed by atoms with E-state index in [0.29, 0.717) is 5.82 Å². The molecule has 1 aromatic heterocycles. The summed E-state index contributed by atoms with van der Waals surface area (Å²) < 4.78 is 22.7. The predicted molar refractivity (Wildman–Crippen MR) is 73.7 cm³/mol. The van der Waals surface area contributed by atoms with Crippen LogP contribution in [0.25, 0.3) is 10.8 Å². The number of hydrogen-bond donors (Lipinski definition) is 2. The molecule has 19 heavy (non-hydrogen) atoms. The Morgan fingerprint density at radius 2 is 2.16 bits per heavy atom. The number of anilines is 1. The third kappa shape index (κ3) is 2.39. The molecule has 0 saturated heterocycles. The lowest BCUT2D eigenvalue weighted by atomic mass is 10.1. The summed E-state index contributed by atoms with van der Waals surface area (Å²) in [6.45, 7) is 0. The van der Waals surface area contributed by atoms with Gasteiger partial charge in [0.05, 0.1) is 11.8 Å². The Hall–Kier alpha value is -2.08. The van der Waals surface area contributed by atoms with Gasteiger partial charge in [-0.25, -0.2) is 13.4 Å². The maximum Gasteiger partial charge on any atom is 0.173 e. The van der Waals surface area contributed by atoms with Gasteiger partial charge in [0.25, 0.3) is 0 Å². The van der Waals surface area contributed by atoms with Gasteiger partial charge in [-0.3, -0.25) is 0 Å². The van der Waals surface area contributed by atoms with E-state index in [0.717, 1.165) is 10.8 Å². The summed E-state index contributed by atoms with van der Waals surface area (Å²) in [6.07, 6.45) is 3.26. The Bertz CT molecular complexity index is 769. The number of fused-ring (bicyclic) bond motifs is 1. The minimum absolute atomic E-state index is 0.0316. The van der Waals surface area contributed by atoms with Crippen LogP contribution in [-0.4, -0.2) is 30.3 Å². The number of aromatic nitrogens is 1. The minimum Gasteiger partial charge on any atom is -0.508 e. The first kappa shape index (κ1) is 12.0. The summed E-state index contributed by atoms with van der Waals surface area (Å²) in [5.41, 5.74) is 0. The van der Waals surface area contributed by atoms with E-state index in [1.165, 1.54) is 5.41 Å². The number of benzene rings is 1. The molecule has 0 bridgehead atoms. The van der Waals surface area contributed by atoms with E-state index in [1.807, 2.05) is 6.07 Å². The summed E-state index contributed by atoms with van der Waals surface area (Å²) in [7, 11) is -3.10. The zero-order valence-corrected chi connectivity index (χ0v) is 10.8. The van der Waals surface area contributed by atoms with Crippen LogP contribution in [0.4, 0.5) is 5.82 Å². The van der Waals surface area contributed by atoms with Crippen molar-refractivity contribution in [2.75, 3.05) is 11.1 Å². The van der Waals surface area contributed by atoms with E-state index >= 15 is 0 Å². The Morgan fingerprint density at radius 3 is 2.89 bits per heavy atom. The van der Waals surface area contributed by atoms with Crippen molar-refractivity contribution in [3.63, 3.8) is 0 Å².